The van der Waals surface area contributed by atoms with E-state index in [9.17, 15) is 14.3 Å². The third-order valence-corrected chi connectivity index (χ3v) is 8.99. The lowest BCUT2D eigenvalue weighted by atomic mass is 10.1. The molecule has 0 aromatic heterocycles. The predicted molar refractivity (Wildman–Crippen MR) is 206 cm³/mol. The van der Waals surface area contributed by atoms with Gasteiger partial charge < -0.3 is 20.1 Å². The fourth-order valence-electron chi connectivity index (χ4n) is 5.16. The molecule has 2 unspecified atom stereocenters. The highest BCUT2D eigenvalue weighted by molar-refractivity contribution is 7.47. The molecule has 0 aliphatic carbocycles. The molecular formula is C40H74NO7P. The fraction of sp³-hybridized carbons (Fsp3) is 0.775. The van der Waals surface area contributed by atoms with Gasteiger partial charge in [-0.15, -0.1) is 0 Å². The van der Waals surface area contributed by atoms with Crippen molar-refractivity contribution in [2.75, 3.05) is 33.0 Å². The van der Waals surface area contributed by atoms with Crippen LogP contribution in [0.25, 0.3) is 0 Å². The number of esters is 1. The van der Waals surface area contributed by atoms with Gasteiger partial charge in [-0.3, -0.25) is 13.8 Å². The lowest BCUT2D eigenvalue weighted by Crippen LogP contribution is -2.28. The molecule has 286 valence electrons. The summed E-state index contributed by atoms with van der Waals surface area (Å²) in [6.45, 7) is 4.76. The van der Waals surface area contributed by atoms with Gasteiger partial charge in [0.05, 0.1) is 19.8 Å². The van der Waals surface area contributed by atoms with Crippen molar-refractivity contribution in [1.82, 2.24) is 0 Å². The maximum Gasteiger partial charge on any atom is 0.472 e. The zero-order valence-electron chi connectivity index (χ0n) is 31.4. The van der Waals surface area contributed by atoms with Crippen molar-refractivity contribution in [2.45, 2.75) is 168 Å². The van der Waals surface area contributed by atoms with Gasteiger partial charge in [-0.2, -0.15) is 0 Å². The Kier molecular flexibility index (Phi) is 36.5. The zero-order valence-corrected chi connectivity index (χ0v) is 32.3. The fourth-order valence-corrected chi connectivity index (χ4v) is 5.93. The van der Waals surface area contributed by atoms with Gasteiger partial charge in [0.15, 0.2) is 0 Å². The highest BCUT2D eigenvalue weighted by Gasteiger charge is 2.25. The van der Waals surface area contributed by atoms with E-state index in [1.54, 1.807) is 0 Å². The summed E-state index contributed by atoms with van der Waals surface area (Å²) in [5.74, 6) is -0.339. The highest BCUT2D eigenvalue weighted by atomic mass is 31.2. The van der Waals surface area contributed by atoms with E-state index in [2.05, 4.69) is 62.5 Å². The van der Waals surface area contributed by atoms with Crippen LogP contribution in [0.1, 0.15) is 162 Å². The van der Waals surface area contributed by atoms with Crippen molar-refractivity contribution in [3.05, 3.63) is 48.6 Å². The molecule has 0 saturated heterocycles. The topological polar surface area (TPSA) is 117 Å². The predicted octanol–water partition coefficient (Wildman–Crippen LogP) is 11.2. The summed E-state index contributed by atoms with van der Waals surface area (Å²) < 4.78 is 33.3. The molecule has 0 fully saturated rings. The van der Waals surface area contributed by atoms with Crippen molar-refractivity contribution in [3.8, 4) is 0 Å². The summed E-state index contributed by atoms with van der Waals surface area (Å²) in [6.07, 6.45) is 42.7. The molecular weight excluding hydrogens is 637 g/mol. The van der Waals surface area contributed by atoms with Gasteiger partial charge in [0.1, 0.15) is 6.10 Å². The van der Waals surface area contributed by atoms with Gasteiger partial charge >= 0.3 is 13.8 Å². The van der Waals surface area contributed by atoms with E-state index in [1.807, 2.05) is 0 Å². The quantitative estimate of drug-likeness (QED) is 0.0283. The smallest absolute Gasteiger partial charge is 0.457 e. The lowest BCUT2D eigenvalue weighted by molar-refractivity contribution is -0.154. The number of allylic oxidation sites excluding steroid dienone is 8. The Labute approximate surface area is 301 Å². The van der Waals surface area contributed by atoms with E-state index in [0.29, 0.717) is 13.0 Å². The Morgan fingerprint density at radius 3 is 1.71 bits per heavy atom. The number of nitrogens with two attached hydrogens (primary N) is 1. The minimum Gasteiger partial charge on any atom is -0.457 e. The van der Waals surface area contributed by atoms with Crippen LogP contribution in [0, 0.1) is 0 Å². The number of rotatable bonds is 37. The second kappa shape index (κ2) is 37.7. The Balaban J connectivity index is 4.04. The van der Waals surface area contributed by atoms with Gasteiger partial charge in [-0.1, -0.05) is 152 Å². The lowest BCUT2D eigenvalue weighted by Gasteiger charge is -2.20. The van der Waals surface area contributed by atoms with Crippen molar-refractivity contribution < 1.29 is 32.8 Å². The summed E-state index contributed by atoms with van der Waals surface area (Å²) >= 11 is 0. The largest absolute Gasteiger partial charge is 0.472 e. The first kappa shape index (κ1) is 47.5. The number of phosphoric acid groups is 1. The van der Waals surface area contributed by atoms with Crippen LogP contribution in [0.3, 0.4) is 0 Å². The van der Waals surface area contributed by atoms with E-state index >= 15 is 0 Å². The number of phosphoric ester groups is 1. The van der Waals surface area contributed by atoms with E-state index in [-0.39, 0.29) is 32.3 Å². The number of carbonyl (C=O) groups excluding carboxylic acids is 1. The summed E-state index contributed by atoms with van der Waals surface area (Å²) in [4.78, 5) is 22.3. The summed E-state index contributed by atoms with van der Waals surface area (Å²) in [5.41, 5.74) is 5.35. The van der Waals surface area contributed by atoms with Crippen LogP contribution in [0.5, 0.6) is 0 Å². The van der Waals surface area contributed by atoms with Crippen molar-refractivity contribution in [3.63, 3.8) is 0 Å². The molecule has 0 aromatic rings. The van der Waals surface area contributed by atoms with Gasteiger partial charge in [0.25, 0.3) is 0 Å². The molecule has 8 nitrogen and oxygen atoms in total. The van der Waals surface area contributed by atoms with Crippen LogP contribution in [0.15, 0.2) is 48.6 Å². The Morgan fingerprint density at radius 2 is 1.14 bits per heavy atom. The number of carbonyl (C=O) groups is 1. The molecule has 3 N–H and O–H groups in total. The number of unbranched alkanes of at least 4 members (excludes halogenated alkanes) is 16. The monoisotopic (exact) mass is 712 g/mol. The van der Waals surface area contributed by atoms with E-state index in [4.69, 9.17) is 24.3 Å². The Hall–Kier alpha value is -1.54. The van der Waals surface area contributed by atoms with Gasteiger partial charge in [-0.05, 0) is 51.4 Å². The maximum atomic E-state index is 12.5. The first-order valence-corrected chi connectivity index (χ1v) is 21.1. The molecule has 2 atom stereocenters. The Morgan fingerprint density at radius 1 is 0.633 bits per heavy atom. The third kappa shape index (κ3) is 37.5. The molecule has 0 amide bonds. The van der Waals surface area contributed by atoms with Crippen LogP contribution in [0.4, 0.5) is 0 Å². The Bertz CT molecular complexity index is 890. The SMILES string of the molecule is CC/C=C\C/C=C\C/C=C\C/C=C\CCCCCCCCCOCC(COP(=O)(O)OCCN)OC(=O)CCCCCCCCCCCC. The van der Waals surface area contributed by atoms with Crippen LogP contribution < -0.4 is 5.73 Å². The standard InChI is InChI=1S/C40H74NO7P/c1-3-5-7-9-11-13-15-16-17-18-19-20-21-22-23-24-26-28-30-32-35-45-37-39(38-47-49(43,44)46-36-34-41)48-40(42)33-31-29-27-25-14-12-10-8-6-4-2/h5,7,11,13,16-17,19-20,39H,3-4,6,8-10,12,14-15,18,21-38,41H2,1-2H3,(H,43,44)/b7-5-,13-11-,17-16-,20-19-. The van der Waals surface area contributed by atoms with Crippen molar-refractivity contribution in [2.24, 2.45) is 5.73 Å². The van der Waals surface area contributed by atoms with Crippen LogP contribution in [-0.4, -0.2) is 49.9 Å². The first-order chi connectivity index (χ1) is 23.9. The molecule has 0 aliphatic rings. The minimum atomic E-state index is -4.27. The summed E-state index contributed by atoms with van der Waals surface area (Å²) in [6, 6.07) is 0. The van der Waals surface area contributed by atoms with Crippen LogP contribution in [-0.2, 0) is 27.9 Å². The van der Waals surface area contributed by atoms with Gasteiger partial charge in [-0.25, -0.2) is 4.57 Å². The first-order valence-electron chi connectivity index (χ1n) is 19.6. The van der Waals surface area contributed by atoms with E-state index in [1.165, 1.54) is 77.0 Å². The molecule has 0 heterocycles. The van der Waals surface area contributed by atoms with Crippen LogP contribution >= 0.6 is 7.82 Å². The maximum absolute atomic E-state index is 12.5. The molecule has 9 heteroatoms. The molecule has 0 spiro atoms. The molecule has 0 aliphatic heterocycles. The average molecular weight is 712 g/mol. The third-order valence-electron chi connectivity index (χ3n) is 8.01. The van der Waals surface area contributed by atoms with Crippen molar-refractivity contribution in [1.29, 1.82) is 0 Å². The molecule has 0 aromatic carbocycles. The minimum absolute atomic E-state index is 0.0975. The zero-order chi connectivity index (χ0) is 35.9. The van der Waals surface area contributed by atoms with Gasteiger partial charge in [0, 0.05) is 19.6 Å². The summed E-state index contributed by atoms with van der Waals surface area (Å²) in [5, 5.41) is 0. The average Bonchev–Trinajstić information content (AvgIpc) is 3.09. The number of hydrogen-bond acceptors (Lipinski definition) is 7. The van der Waals surface area contributed by atoms with Crippen LogP contribution in [0.2, 0.25) is 0 Å². The van der Waals surface area contributed by atoms with Gasteiger partial charge in [0.2, 0.25) is 0 Å². The molecule has 0 rings (SSSR count). The van der Waals surface area contributed by atoms with E-state index < -0.39 is 13.9 Å². The normalized spacial score (nSPS) is 14.1. The molecule has 0 bridgehead atoms. The molecule has 49 heavy (non-hydrogen) atoms. The molecule has 0 radical (unpaired) electrons. The summed E-state index contributed by atoms with van der Waals surface area (Å²) in [7, 11) is -4.27. The molecule has 0 saturated carbocycles. The second-order valence-electron chi connectivity index (χ2n) is 12.8. The number of ether oxygens (including phenoxy) is 2. The highest BCUT2D eigenvalue weighted by Crippen LogP contribution is 2.43. The number of hydrogen-bond donors (Lipinski definition) is 2. The second-order valence-corrected chi connectivity index (χ2v) is 14.2. The van der Waals surface area contributed by atoms with Crippen molar-refractivity contribution >= 4 is 13.8 Å². The van der Waals surface area contributed by atoms with E-state index in [0.717, 1.165) is 64.2 Å².